The van der Waals surface area contributed by atoms with Gasteiger partial charge in [0, 0.05) is 13.0 Å². The average molecular weight is 404 g/mol. The van der Waals surface area contributed by atoms with Crippen molar-refractivity contribution in [1.82, 2.24) is 10.6 Å². The maximum Gasteiger partial charge on any atom is 0.328 e. The molecular formula is C15H28N6O7. The molecule has 0 aromatic heterocycles. The Labute approximate surface area is 161 Å². The van der Waals surface area contributed by atoms with E-state index in [2.05, 4.69) is 15.6 Å². The number of hydrogen-bond acceptors (Lipinski definition) is 7. The highest BCUT2D eigenvalue weighted by atomic mass is 16.4. The number of carboxylic acids is 2. The number of carbonyl (C=O) groups is 4. The summed E-state index contributed by atoms with van der Waals surface area (Å²) in [5, 5.41) is 31.6. The van der Waals surface area contributed by atoms with Gasteiger partial charge in [-0.25, -0.2) is 4.79 Å². The van der Waals surface area contributed by atoms with Gasteiger partial charge in [-0.2, -0.15) is 0 Å². The first-order valence-electron chi connectivity index (χ1n) is 8.50. The van der Waals surface area contributed by atoms with E-state index in [-0.39, 0.29) is 25.3 Å². The van der Waals surface area contributed by atoms with Crippen molar-refractivity contribution >= 4 is 29.7 Å². The molecule has 0 heterocycles. The highest BCUT2D eigenvalue weighted by Gasteiger charge is 2.30. The SMILES string of the molecule is C[C@@H](O)[C@H](NC(=O)[C@H](CCC(=O)O)NC(=O)[C@@H](N)CCCN=C(N)N)C(=O)O. The van der Waals surface area contributed by atoms with Crippen molar-refractivity contribution in [3.8, 4) is 0 Å². The molecule has 2 amide bonds. The summed E-state index contributed by atoms with van der Waals surface area (Å²) in [6.45, 7) is 1.41. The summed E-state index contributed by atoms with van der Waals surface area (Å²) in [6, 6.07) is -3.97. The minimum atomic E-state index is -1.62. The van der Waals surface area contributed by atoms with E-state index in [1.54, 1.807) is 0 Å². The number of nitrogens with two attached hydrogens (primary N) is 3. The molecular weight excluding hydrogens is 376 g/mol. The normalized spacial score (nSPS) is 14.8. The number of aliphatic hydroxyl groups is 1. The van der Waals surface area contributed by atoms with Crippen LogP contribution < -0.4 is 27.8 Å². The van der Waals surface area contributed by atoms with Crippen LogP contribution in [0.15, 0.2) is 4.99 Å². The predicted octanol–water partition coefficient (Wildman–Crippen LogP) is -3.33. The Balaban J connectivity index is 4.96. The smallest absolute Gasteiger partial charge is 0.328 e. The van der Waals surface area contributed by atoms with E-state index in [1.165, 1.54) is 0 Å². The fourth-order valence-electron chi connectivity index (χ4n) is 2.11. The molecule has 0 aliphatic carbocycles. The van der Waals surface area contributed by atoms with Gasteiger partial charge in [0.2, 0.25) is 11.8 Å². The van der Waals surface area contributed by atoms with Crippen LogP contribution in [0.2, 0.25) is 0 Å². The summed E-state index contributed by atoms with van der Waals surface area (Å²) in [7, 11) is 0. The van der Waals surface area contributed by atoms with Crippen LogP contribution in [-0.4, -0.2) is 75.8 Å². The van der Waals surface area contributed by atoms with Crippen molar-refractivity contribution in [3.63, 3.8) is 0 Å². The summed E-state index contributed by atoms with van der Waals surface area (Å²) in [5.41, 5.74) is 16.1. The summed E-state index contributed by atoms with van der Waals surface area (Å²) in [5.74, 6) is -4.47. The molecule has 0 aliphatic rings. The first-order chi connectivity index (χ1) is 13.0. The Morgan fingerprint density at radius 2 is 1.64 bits per heavy atom. The molecule has 28 heavy (non-hydrogen) atoms. The van der Waals surface area contributed by atoms with Gasteiger partial charge in [-0.1, -0.05) is 0 Å². The van der Waals surface area contributed by atoms with Crippen molar-refractivity contribution in [2.45, 2.75) is 56.8 Å². The molecule has 0 aliphatic heterocycles. The molecule has 11 N–H and O–H groups in total. The fraction of sp³-hybridized carbons (Fsp3) is 0.667. The van der Waals surface area contributed by atoms with Gasteiger partial charge in [0.15, 0.2) is 12.0 Å². The maximum atomic E-state index is 12.3. The standard InChI is InChI=1S/C15H28N6O7/c1-7(22)11(14(27)28)21-13(26)9(4-5-10(23)24)20-12(25)8(16)3-2-6-19-15(17)18/h7-9,11,22H,2-6,16H2,1H3,(H,20,25)(H,21,26)(H,23,24)(H,27,28)(H4,17,18,19)/t7-,8+,9+,11+/m1/s1. The van der Waals surface area contributed by atoms with Gasteiger partial charge in [0.05, 0.1) is 12.1 Å². The van der Waals surface area contributed by atoms with E-state index in [4.69, 9.17) is 27.4 Å². The molecule has 0 spiro atoms. The lowest BCUT2D eigenvalue weighted by Gasteiger charge is -2.23. The monoisotopic (exact) mass is 404 g/mol. The van der Waals surface area contributed by atoms with Crippen LogP contribution in [0.4, 0.5) is 0 Å². The van der Waals surface area contributed by atoms with Gasteiger partial charge in [0.1, 0.15) is 6.04 Å². The quantitative estimate of drug-likeness (QED) is 0.0861. The molecule has 0 bridgehead atoms. The van der Waals surface area contributed by atoms with E-state index in [9.17, 15) is 24.3 Å². The van der Waals surface area contributed by atoms with Gasteiger partial charge in [-0.05, 0) is 26.2 Å². The predicted molar refractivity (Wildman–Crippen MR) is 97.9 cm³/mol. The lowest BCUT2D eigenvalue weighted by Crippen LogP contribution is -2.56. The Hall–Kier alpha value is -2.93. The molecule has 13 heteroatoms. The van der Waals surface area contributed by atoms with Crippen LogP contribution >= 0.6 is 0 Å². The molecule has 0 saturated heterocycles. The lowest BCUT2D eigenvalue weighted by atomic mass is 10.1. The van der Waals surface area contributed by atoms with Crippen molar-refractivity contribution in [2.75, 3.05) is 6.54 Å². The number of nitrogens with zero attached hydrogens (tertiary/aromatic N) is 1. The van der Waals surface area contributed by atoms with Gasteiger partial charge in [-0.3, -0.25) is 19.4 Å². The van der Waals surface area contributed by atoms with Crippen LogP contribution in [0.5, 0.6) is 0 Å². The van der Waals surface area contributed by atoms with Crippen molar-refractivity contribution < 1.29 is 34.5 Å². The average Bonchev–Trinajstić information content (AvgIpc) is 2.58. The molecule has 0 aromatic rings. The second kappa shape index (κ2) is 12.5. The third kappa shape index (κ3) is 10.3. The minimum Gasteiger partial charge on any atom is -0.481 e. The van der Waals surface area contributed by atoms with E-state index in [1.807, 2.05) is 0 Å². The fourth-order valence-corrected chi connectivity index (χ4v) is 2.11. The Morgan fingerprint density at radius 1 is 1.04 bits per heavy atom. The van der Waals surface area contributed by atoms with Crippen molar-refractivity contribution in [3.05, 3.63) is 0 Å². The Bertz CT molecular complexity index is 591. The van der Waals surface area contributed by atoms with Crippen molar-refractivity contribution in [1.29, 1.82) is 0 Å². The topological polar surface area (TPSA) is 243 Å². The van der Waals surface area contributed by atoms with Gasteiger partial charge in [0.25, 0.3) is 0 Å². The van der Waals surface area contributed by atoms with Gasteiger partial charge < -0.3 is 43.2 Å². The van der Waals surface area contributed by atoms with E-state index in [0.717, 1.165) is 6.92 Å². The second-order valence-corrected chi connectivity index (χ2v) is 6.11. The maximum absolute atomic E-state index is 12.3. The number of nitrogens with one attached hydrogen (secondary N) is 2. The molecule has 160 valence electrons. The molecule has 0 rings (SSSR count). The number of rotatable bonds is 13. The van der Waals surface area contributed by atoms with Gasteiger partial charge in [-0.15, -0.1) is 0 Å². The number of aliphatic hydroxyl groups excluding tert-OH is 1. The largest absolute Gasteiger partial charge is 0.481 e. The summed E-state index contributed by atoms with van der Waals surface area (Å²) in [6.07, 6.45) is -1.57. The molecule has 0 radical (unpaired) electrons. The first-order valence-corrected chi connectivity index (χ1v) is 8.50. The first kappa shape index (κ1) is 25.1. The number of guanidine groups is 1. The highest BCUT2D eigenvalue weighted by molar-refractivity contribution is 5.92. The molecule has 0 fully saturated rings. The zero-order chi connectivity index (χ0) is 21.9. The zero-order valence-corrected chi connectivity index (χ0v) is 15.5. The summed E-state index contributed by atoms with van der Waals surface area (Å²) < 4.78 is 0. The van der Waals surface area contributed by atoms with E-state index < -0.39 is 54.4 Å². The number of aliphatic carboxylic acids is 2. The van der Waals surface area contributed by atoms with Crippen LogP contribution in [0.3, 0.4) is 0 Å². The summed E-state index contributed by atoms with van der Waals surface area (Å²) >= 11 is 0. The number of amides is 2. The van der Waals surface area contributed by atoms with Crippen LogP contribution in [0.25, 0.3) is 0 Å². The van der Waals surface area contributed by atoms with Crippen LogP contribution in [0, 0.1) is 0 Å². The van der Waals surface area contributed by atoms with Crippen LogP contribution in [0.1, 0.15) is 32.6 Å². The van der Waals surface area contributed by atoms with Crippen LogP contribution in [-0.2, 0) is 19.2 Å². The van der Waals surface area contributed by atoms with E-state index >= 15 is 0 Å². The van der Waals surface area contributed by atoms with Gasteiger partial charge >= 0.3 is 11.9 Å². The lowest BCUT2D eigenvalue weighted by molar-refractivity contribution is -0.145. The van der Waals surface area contributed by atoms with Crippen molar-refractivity contribution in [2.24, 2.45) is 22.2 Å². The molecule has 0 saturated carbocycles. The highest BCUT2D eigenvalue weighted by Crippen LogP contribution is 2.03. The Morgan fingerprint density at radius 3 is 2.11 bits per heavy atom. The Kier molecular flexibility index (Phi) is 11.2. The minimum absolute atomic E-state index is 0.102. The number of aliphatic imine (C=N–C) groups is 1. The molecule has 13 nitrogen and oxygen atoms in total. The third-order valence-electron chi connectivity index (χ3n) is 3.63. The number of hydrogen-bond donors (Lipinski definition) is 8. The zero-order valence-electron chi connectivity index (χ0n) is 15.5. The third-order valence-corrected chi connectivity index (χ3v) is 3.63. The summed E-state index contributed by atoms with van der Waals surface area (Å²) in [4.78, 5) is 50.1. The molecule has 4 atom stereocenters. The number of carbonyl (C=O) groups excluding carboxylic acids is 2. The molecule has 0 aromatic carbocycles. The number of carboxylic acid groups (broad SMARTS) is 2. The van der Waals surface area contributed by atoms with E-state index in [0.29, 0.717) is 6.42 Å². The second-order valence-electron chi connectivity index (χ2n) is 6.11. The molecule has 0 unspecified atom stereocenters.